The van der Waals surface area contributed by atoms with Crippen LogP contribution in [0.3, 0.4) is 0 Å². The van der Waals surface area contributed by atoms with Gasteiger partial charge in [-0.25, -0.2) is 5.06 Å². The number of carbonyl (C=O) groups is 2. The number of nitrogens with zero attached hydrogens (tertiary/aromatic N) is 3. The molecule has 0 aliphatic carbocycles. The van der Waals surface area contributed by atoms with E-state index in [9.17, 15) is 14.4 Å². The number of fused-ring (bicyclic) bond motifs is 1. The van der Waals surface area contributed by atoms with E-state index in [4.69, 9.17) is 9.57 Å². The molecule has 0 saturated carbocycles. The van der Waals surface area contributed by atoms with Crippen molar-refractivity contribution < 1.29 is 19.2 Å². The maximum atomic E-state index is 12.6. The van der Waals surface area contributed by atoms with E-state index >= 15 is 0 Å². The Morgan fingerprint density at radius 2 is 2.07 bits per heavy atom. The SMILES string of the molecule is O=C(Cn1ccccc1=O)N1CC[C@H]2C[C@@H](C(=O)N3CCCCO3)O[C@@H]2C1. The molecule has 2 amide bonds. The average molecular weight is 375 g/mol. The zero-order chi connectivity index (χ0) is 18.8. The number of hydrogen-bond donors (Lipinski definition) is 0. The van der Waals surface area contributed by atoms with Gasteiger partial charge in [0.1, 0.15) is 12.6 Å². The van der Waals surface area contributed by atoms with E-state index in [1.54, 1.807) is 23.2 Å². The molecule has 4 heterocycles. The lowest BCUT2D eigenvalue weighted by Gasteiger charge is -2.34. The van der Waals surface area contributed by atoms with Crippen LogP contribution in [0.15, 0.2) is 29.2 Å². The highest BCUT2D eigenvalue weighted by molar-refractivity contribution is 5.80. The van der Waals surface area contributed by atoms with E-state index in [-0.39, 0.29) is 35.9 Å². The summed E-state index contributed by atoms with van der Waals surface area (Å²) in [4.78, 5) is 44.2. The van der Waals surface area contributed by atoms with Gasteiger partial charge in [0.2, 0.25) is 5.91 Å². The average Bonchev–Trinajstić information content (AvgIpc) is 3.13. The monoisotopic (exact) mass is 375 g/mol. The Bertz CT molecular complexity index is 758. The number of rotatable bonds is 3. The predicted octanol–water partition coefficient (Wildman–Crippen LogP) is 0.408. The van der Waals surface area contributed by atoms with E-state index < -0.39 is 6.10 Å². The number of hydrogen-bond acceptors (Lipinski definition) is 5. The standard InChI is InChI=1S/C19H25N3O5/c23-17-5-1-2-7-20(17)13-18(24)21-9-6-14-11-15(27-16(14)12-21)19(25)22-8-3-4-10-26-22/h1-2,5,7,14-16H,3-4,6,8-13H2/t14-,15-,16+/m0/s1. The first-order valence-electron chi connectivity index (χ1n) is 9.65. The van der Waals surface area contributed by atoms with Crippen molar-refractivity contribution in [3.8, 4) is 0 Å². The molecule has 8 nitrogen and oxygen atoms in total. The lowest BCUT2D eigenvalue weighted by molar-refractivity contribution is -0.206. The van der Waals surface area contributed by atoms with Gasteiger partial charge in [-0.15, -0.1) is 0 Å². The van der Waals surface area contributed by atoms with Crippen LogP contribution in [-0.4, -0.2) is 64.8 Å². The summed E-state index contributed by atoms with van der Waals surface area (Å²) >= 11 is 0. The summed E-state index contributed by atoms with van der Waals surface area (Å²) in [6.07, 6.45) is 4.42. The lowest BCUT2D eigenvalue weighted by atomic mass is 9.91. The van der Waals surface area contributed by atoms with Crippen LogP contribution in [0.25, 0.3) is 0 Å². The highest BCUT2D eigenvalue weighted by Gasteiger charge is 2.44. The van der Waals surface area contributed by atoms with Crippen LogP contribution in [0.4, 0.5) is 0 Å². The molecule has 0 radical (unpaired) electrons. The molecule has 3 atom stereocenters. The largest absolute Gasteiger partial charge is 0.363 e. The van der Waals surface area contributed by atoms with Crippen LogP contribution in [0.1, 0.15) is 25.7 Å². The minimum absolute atomic E-state index is 0.0288. The summed E-state index contributed by atoms with van der Waals surface area (Å²) < 4.78 is 7.41. The minimum Gasteiger partial charge on any atom is -0.363 e. The summed E-state index contributed by atoms with van der Waals surface area (Å²) in [7, 11) is 0. The van der Waals surface area contributed by atoms with Crippen LogP contribution in [0.2, 0.25) is 0 Å². The quantitative estimate of drug-likeness (QED) is 0.764. The molecule has 0 aromatic carbocycles. The van der Waals surface area contributed by atoms with Crippen molar-refractivity contribution in [2.45, 2.75) is 44.4 Å². The van der Waals surface area contributed by atoms with Crippen molar-refractivity contribution in [1.82, 2.24) is 14.5 Å². The number of carbonyl (C=O) groups excluding carboxylic acids is 2. The van der Waals surface area contributed by atoms with Crippen LogP contribution in [0, 0.1) is 5.92 Å². The van der Waals surface area contributed by atoms with Crippen LogP contribution in [-0.2, 0) is 25.7 Å². The Labute approximate surface area is 157 Å². The fourth-order valence-electron chi connectivity index (χ4n) is 4.08. The Morgan fingerprint density at radius 1 is 1.19 bits per heavy atom. The van der Waals surface area contributed by atoms with Gasteiger partial charge in [-0.3, -0.25) is 19.2 Å². The van der Waals surface area contributed by atoms with Crippen molar-refractivity contribution in [3.05, 3.63) is 34.7 Å². The Morgan fingerprint density at radius 3 is 2.85 bits per heavy atom. The van der Waals surface area contributed by atoms with E-state index in [0.717, 1.165) is 19.3 Å². The van der Waals surface area contributed by atoms with E-state index in [1.165, 1.54) is 15.7 Å². The van der Waals surface area contributed by atoms with Crippen molar-refractivity contribution in [2.24, 2.45) is 5.92 Å². The van der Waals surface area contributed by atoms with Crippen LogP contribution >= 0.6 is 0 Å². The second-order valence-corrected chi connectivity index (χ2v) is 7.43. The third-order valence-electron chi connectivity index (χ3n) is 5.63. The van der Waals surface area contributed by atoms with Gasteiger partial charge in [0.25, 0.3) is 11.5 Å². The molecular formula is C19H25N3O5. The molecule has 3 saturated heterocycles. The molecule has 1 aromatic heterocycles. The first-order valence-corrected chi connectivity index (χ1v) is 9.65. The number of pyridine rings is 1. The molecule has 27 heavy (non-hydrogen) atoms. The lowest BCUT2D eigenvalue weighted by Crippen LogP contribution is -2.47. The molecule has 8 heteroatoms. The van der Waals surface area contributed by atoms with E-state index in [1.807, 2.05) is 0 Å². The first kappa shape index (κ1) is 18.2. The zero-order valence-corrected chi connectivity index (χ0v) is 15.3. The van der Waals surface area contributed by atoms with E-state index in [0.29, 0.717) is 32.7 Å². The first-order chi connectivity index (χ1) is 13.1. The molecule has 4 rings (SSSR count). The van der Waals surface area contributed by atoms with Crippen LogP contribution in [0.5, 0.6) is 0 Å². The number of ether oxygens (including phenoxy) is 1. The second-order valence-electron chi connectivity index (χ2n) is 7.43. The van der Waals surface area contributed by atoms with Crippen molar-refractivity contribution >= 4 is 11.8 Å². The van der Waals surface area contributed by atoms with Gasteiger partial charge in [0.05, 0.1) is 12.7 Å². The fourth-order valence-corrected chi connectivity index (χ4v) is 4.08. The Kier molecular flexibility index (Phi) is 5.27. The zero-order valence-electron chi connectivity index (χ0n) is 15.3. The fraction of sp³-hybridized carbons (Fsp3) is 0.632. The van der Waals surface area contributed by atoms with Crippen molar-refractivity contribution in [3.63, 3.8) is 0 Å². The normalized spacial score (nSPS) is 28.1. The maximum Gasteiger partial charge on any atom is 0.275 e. The van der Waals surface area contributed by atoms with Gasteiger partial charge in [-0.1, -0.05) is 6.07 Å². The molecule has 3 aliphatic rings. The van der Waals surface area contributed by atoms with Crippen LogP contribution < -0.4 is 5.56 Å². The van der Waals surface area contributed by atoms with Crippen molar-refractivity contribution in [1.29, 1.82) is 0 Å². The number of hydroxylamine groups is 2. The van der Waals surface area contributed by atoms with Gasteiger partial charge < -0.3 is 14.2 Å². The minimum atomic E-state index is -0.482. The molecule has 1 aromatic rings. The molecule has 0 spiro atoms. The van der Waals surface area contributed by atoms with Gasteiger partial charge in [0, 0.05) is 31.9 Å². The predicted molar refractivity (Wildman–Crippen MR) is 95.6 cm³/mol. The summed E-state index contributed by atoms with van der Waals surface area (Å²) in [6.45, 7) is 2.32. The topological polar surface area (TPSA) is 81.1 Å². The summed E-state index contributed by atoms with van der Waals surface area (Å²) in [5.74, 6) is 0.0875. The van der Waals surface area contributed by atoms with Gasteiger partial charge in [-0.2, -0.15) is 0 Å². The highest BCUT2D eigenvalue weighted by atomic mass is 16.7. The highest BCUT2D eigenvalue weighted by Crippen LogP contribution is 2.34. The van der Waals surface area contributed by atoms with Gasteiger partial charge >= 0.3 is 0 Å². The van der Waals surface area contributed by atoms with Gasteiger partial charge in [-0.05, 0) is 37.7 Å². The Balaban J connectivity index is 1.34. The second kappa shape index (κ2) is 7.82. The molecule has 3 aliphatic heterocycles. The molecule has 0 bridgehead atoms. The Hall–Kier alpha value is -2.19. The van der Waals surface area contributed by atoms with E-state index in [2.05, 4.69) is 0 Å². The smallest absolute Gasteiger partial charge is 0.275 e. The number of likely N-dealkylation sites (tertiary alicyclic amines) is 1. The molecule has 0 unspecified atom stereocenters. The molecule has 146 valence electrons. The van der Waals surface area contributed by atoms with Gasteiger partial charge in [0.15, 0.2) is 0 Å². The van der Waals surface area contributed by atoms with Crippen molar-refractivity contribution in [2.75, 3.05) is 26.2 Å². The number of aromatic nitrogens is 1. The summed E-state index contributed by atoms with van der Waals surface area (Å²) in [5, 5.41) is 1.44. The third kappa shape index (κ3) is 3.91. The molecule has 0 N–H and O–H groups in total. The maximum absolute atomic E-state index is 12.6. The summed E-state index contributed by atoms with van der Waals surface area (Å²) in [6, 6.07) is 4.84. The third-order valence-corrected chi connectivity index (χ3v) is 5.63. The molecule has 3 fully saturated rings. The number of amides is 2. The summed E-state index contributed by atoms with van der Waals surface area (Å²) in [5.41, 5.74) is -0.190. The molecular weight excluding hydrogens is 350 g/mol. The number of piperidine rings is 1.